The summed E-state index contributed by atoms with van der Waals surface area (Å²) >= 11 is 1.43. The van der Waals surface area contributed by atoms with Crippen molar-refractivity contribution >= 4 is 39.9 Å². The number of thioether (sulfide) groups is 1. The molecule has 3 rings (SSSR count). The average Bonchev–Trinajstić information content (AvgIpc) is 2.61. The van der Waals surface area contributed by atoms with Crippen LogP contribution < -0.4 is 3.61 Å². The van der Waals surface area contributed by atoms with Gasteiger partial charge >= 0.3 is 147 Å². The first kappa shape index (κ1) is 15.4. The molecule has 0 aliphatic rings. The first-order valence-electron chi connectivity index (χ1n) is 7.12. The maximum atomic E-state index is 2.33. The second-order valence-corrected chi connectivity index (χ2v) is 8.82. The van der Waals surface area contributed by atoms with Crippen molar-refractivity contribution in [1.82, 2.24) is 0 Å². The van der Waals surface area contributed by atoms with Crippen LogP contribution in [-0.2, 0) is 0 Å². The first-order valence-corrected chi connectivity index (χ1v) is 10.3. The van der Waals surface area contributed by atoms with E-state index < -0.39 is 0 Å². The molecule has 0 fully saturated rings. The molecule has 0 saturated heterocycles. The van der Waals surface area contributed by atoms with Gasteiger partial charge in [0.05, 0.1) is 0 Å². The van der Waals surface area contributed by atoms with Crippen LogP contribution in [-0.4, -0.2) is 20.9 Å². The van der Waals surface area contributed by atoms with E-state index in [1.807, 2.05) is 11.8 Å². The van der Waals surface area contributed by atoms with Gasteiger partial charge < -0.3 is 0 Å². The third kappa shape index (κ3) is 4.52. The molecule has 2 heteroatoms. The molecule has 0 radical (unpaired) electrons. The summed E-state index contributed by atoms with van der Waals surface area (Å²) in [5.41, 5.74) is 1.34. The predicted molar refractivity (Wildman–Crippen MR) is 98.5 cm³/mol. The van der Waals surface area contributed by atoms with Gasteiger partial charge in [0.15, 0.2) is 0 Å². The van der Waals surface area contributed by atoms with Crippen LogP contribution in [0.5, 0.6) is 0 Å². The molecule has 0 bridgehead atoms. The van der Waals surface area contributed by atoms with E-state index in [1.54, 1.807) is 0 Å². The maximum absolute atomic E-state index is 2.33. The molecule has 0 saturated carbocycles. The standard InChI is InChI=1S/C20H16STe/c1-4-10-17(11-5-1)20(22-19-14-8-3-9-15-19)16-21-18-12-6-2-7-13-18/h1-16H/b20-16+. The molecule has 0 aromatic heterocycles. The van der Waals surface area contributed by atoms with Gasteiger partial charge in [-0.05, 0) is 0 Å². The van der Waals surface area contributed by atoms with Gasteiger partial charge in [-0.2, -0.15) is 0 Å². The zero-order valence-electron chi connectivity index (χ0n) is 12.1. The molecule has 0 nitrogen and oxygen atoms in total. The van der Waals surface area contributed by atoms with Crippen molar-refractivity contribution in [3.8, 4) is 0 Å². The van der Waals surface area contributed by atoms with E-state index in [1.165, 1.54) is 17.7 Å². The number of hydrogen-bond donors (Lipinski definition) is 0. The van der Waals surface area contributed by atoms with Crippen LogP contribution in [0.15, 0.2) is 101 Å². The van der Waals surface area contributed by atoms with Crippen LogP contribution in [0.1, 0.15) is 5.56 Å². The SMILES string of the molecule is C(/Sc1ccccc1)=C(\[Te]c1ccccc1)c1ccccc1. The molecule has 22 heavy (non-hydrogen) atoms. The van der Waals surface area contributed by atoms with Gasteiger partial charge in [0, 0.05) is 0 Å². The Morgan fingerprint density at radius 1 is 0.682 bits per heavy atom. The van der Waals surface area contributed by atoms with Crippen molar-refractivity contribution in [1.29, 1.82) is 0 Å². The van der Waals surface area contributed by atoms with Crippen molar-refractivity contribution < 1.29 is 0 Å². The van der Waals surface area contributed by atoms with Crippen LogP contribution in [0.3, 0.4) is 0 Å². The minimum atomic E-state index is -0.380. The van der Waals surface area contributed by atoms with Crippen LogP contribution >= 0.6 is 11.8 Å². The van der Waals surface area contributed by atoms with Gasteiger partial charge in [-0.3, -0.25) is 0 Å². The van der Waals surface area contributed by atoms with Crippen LogP contribution in [0.4, 0.5) is 0 Å². The molecule has 0 amide bonds. The van der Waals surface area contributed by atoms with Crippen molar-refractivity contribution in [2.45, 2.75) is 4.90 Å². The predicted octanol–water partition coefficient (Wildman–Crippen LogP) is 4.81. The Bertz CT molecular complexity index is 721. The Kier molecular flexibility index (Phi) is 5.79. The fourth-order valence-corrected chi connectivity index (χ4v) is 5.84. The number of hydrogen-bond acceptors (Lipinski definition) is 1. The summed E-state index contributed by atoms with van der Waals surface area (Å²) in [4.78, 5) is 1.29. The van der Waals surface area contributed by atoms with E-state index in [4.69, 9.17) is 0 Å². The van der Waals surface area contributed by atoms with Gasteiger partial charge in [-0.1, -0.05) is 0 Å². The van der Waals surface area contributed by atoms with E-state index in [0.29, 0.717) is 0 Å². The van der Waals surface area contributed by atoms with E-state index in [-0.39, 0.29) is 20.9 Å². The van der Waals surface area contributed by atoms with Crippen LogP contribution in [0.2, 0.25) is 0 Å². The Morgan fingerprint density at radius 3 is 1.86 bits per heavy atom. The fraction of sp³-hybridized carbons (Fsp3) is 0. The summed E-state index contributed by atoms with van der Waals surface area (Å²) in [7, 11) is 0. The van der Waals surface area contributed by atoms with E-state index in [9.17, 15) is 0 Å². The van der Waals surface area contributed by atoms with E-state index >= 15 is 0 Å². The third-order valence-electron chi connectivity index (χ3n) is 3.07. The molecule has 0 N–H and O–H groups in total. The number of rotatable bonds is 5. The quantitative estimate of drug-likeness (QED) is 0.425. The molecule has 0 spiro atoms. The molecule has 3 aromatic rings. The summed E-state index contributed by atoms with van der Waals surface area (Å²) in [6.07, 6.45) is 0. The molecule has 3 aromatic carbocycles. The minimum absolute atomic E-state index is 0.380. The molecular weight excluding hydrogens is 400 g/mol. The normalized spacial score (nSPS) is 11.4. The van der Waals surface area contributed by atoms with Crippen molar-refractivity contribution in [2.75, 3.05) is 0 Å². The van der Waals surface area contributed by atoms with E-state index in [0.717, 1.165) is 0 Å². The zero-order valence-corrected chi connectivity index (χ0v) is 15.2. The summed E-state index contributed by atoms with van der Waals surface area (Å²) in [5, 5.41) is 2.33. The van der Waals surface area contributed by atoms with Crippen LogP contribution in [0, 0.1) is 0 Å². The van der Waals surface area contributed by atoms with Crippen molar-refractivity contribution in [2.24, 2.45) is 0 Å². The van der Waals surface area contributed by atoms with Crippen molar-refractivity contribution in [3.63, 3.8) is 0 Å². The topological polar surface area (TPSA) is 0 Å². The molecule has 108 valence electrons. The second-order valence-electron chi connectivity index (χ2n) is 4.69. The van der Waals surface area contributed by atoms with Crippen LogP contribution in [0.25, 0.3) is 3.62 Å². The summed E-state index contributed by atoms with van der Waals surface area (Å²) in [5.74, 6) is 0. The summed E-state index contributed by atoms with van der Waals surface area (Å²) in [6, 6.07) is 32.1. The molecular formula is C20H16STe. The molecule has 0 heterocycles. The van der Waals surface area contributed by atoms with Gasteiger partial charge in [0.2, 0.25) is 0 Å². The molecule has 0 aliphatic heterocycles. The molecule has 0 atom stereocenters. The third-order valence-corrected chi connectivity index (χ3v) is 7.52. The Morgan fingerprint density at radius 2 is 1.23 bits per heavy atom. The Hall–Kier alpha value is -1.46. The number of benzene rings is 3. The van der Waals surface area contributed by atoms with Gasteiger partial charge in [0.1, 0.15) is 0 Å². The average molecular weight is 416 g/mol. The Labute approximate surface area is 146 Å². The van der Waals surface area contributed by atoms with Crippen molar-refractivity contribution in [3.05, 3.63) is 102 Å². The van der Waals surface area contributed by atoms with Gasteiger partial charge in [0.25, 0.3) is 0 Å². The zero-order chi connectivity index (χ0) is 15.0. The Balaban J connectivity index is 1.86. The van der Waals surface area contributed by atoms with Gasteiger partial charge in [-0.15, -0.1) is 0 Å². The fourth-order valence-electron chi connectivity index (χ4n) is 1.99. The molecule has 0 aliphatic carbocycles. The summed E-state index contributed by atoms with van der Waals surface area (Å²) < 4.78 is 2.95. The van der Waals surface area contributed by atoms with E-state index in [2.05, 4.69) is 96.4 Å². The first-order chi connectivity index (χ1) is 10.9. The summed E-state index contributed by atoms with van der Waals surface area (Å²) in [6.45, 7) is 0. The second kappa shape index (κ2) is 8.25. The molecule has 0 unspecified atom stereocenters. The van der Waals surface area contributed by atoms with Gasteiger partial charge in [-0.25, -0.2) is 0 Å². The monoisotopic (exact) mass is 418 g/mol.